The average molecular weight is 533 g/mol. The number of hydrogen-bond acceptors (Lipinski definition) is 4. The first-order chi connectivity index (χ1) is 17.0. The molecule has 11 heteroatoms. The molecule has 0 spiro atoms. The van der Waals surface area contributed by atoms with Crippen LogP contribution in [0.1, 0.15) is 41.5 Å². The van der Waals surface area contributed by atoms with Gasteiger partial charge in [-0.25, -0.2) is 4.79 Å². The van der Waals surface area contributed by atoms with Gasteiger partial charge in [0.05, 0.1) is 38.4 Å². The number of halogens is 6. The van der Waals surface area contributed by atoms with Gasteiger partial charge in [0.15, 0.2) is 0 Å². The standard InChI is InChI=1S/C26H28F6NO4/c1-33(2,3)20-14-19(10-11-21-22(20)37-21)36-23(34)24(35,15-6-4-8-17(12-15)25(27,28)29)16-7-5-9-18(13-16)26(30,31)32/h4-9,12-13,19-22,35H,10-11,14H2,1-3H3/q+1/t19-,20?,21-,22?/m1/s1. The molecule has 4 atom stereocenters. The first-order valence-corrected chi connectivity index (χ1v) is 11.8. The maximum atomic E-state index is 13.5. The molecule has 0 radical (unpaired) electrons. The predicted molar refractivity (Wildman–Crippen MR) is 120 cm³/mol. The van der Waals surface area contributed by atoms with Crippen molar-refractivity contribution in [3.8, 4) is 0 Å². The molecule has 0 bridgehead atoms. The van der Waals surface area contributed by atoms with Crippen LogP contribution in [0.25, 0.3) is 0 Å². The van der Waals surface area contributed by atoms with E-state index in [1.54, 1.807) is 0 Å². The molecule has 1 saturated carbocycles. The quantitative estimate of drug-likeness (QED) is 0.258. The average Bonchev–Trinajstić information content (AvgIpc) is 3.58. The Kier molecular flexibility index (Phi) is 6.88. The molecule has 0 amide bonds. The number of epoxide rings is 1. The van der Waals surface area contributed by atoms with E-state index in [1.807, 2.05) is 21.1 Å². The van der Waals surface area contributed by atoms with E-state index in [0.717, 1.165) is 36.4 Å². The normalized spacial score (nSPS) is 24.7. The zero-order valence-corrected chi connectivity index (χ0v) is 20.4. The Bertz CT molecular complexity index is 1100. The number of likely N-dealkylation sites (N-methyl/N-ethyl adjacent to an activating group) is 1. The van der Waals surface area contributed by atoms with Crippen molar-refractivity contribution in [1.82, 2.24) is 0 Å². The monoisotopic (exact) mass is 532 g/mol. The highest BCUT2D eigenvalue weighted by Crippen LogP contribution is 2.42. The summed E-state index contributed by atoms with van der Waals surface area (Å²) in [6.45, 7) is 0. The van der Waals surface area contributed by atoms with Gasteiger partial charge in [0, 0.05) is 17.5 Å². The van der Waals surface area contributed by atoms with Gasteiger partial charge in [-0.2, -0.15) is 26.3 Å². The molecular formula is C26H28F6NO4+. The first-order valence-electron chi connectivity index (χ1n) is 11.8. The third-order valence-corrected chi connectivity index (χ3v) is 7.06. The van der Waals surface area contributed by atoms with Gasteiger partial charge in [0.1, 0.15) is 18.2 Å². The molecule has 1 saturated heterocycles. The van der Waals surface area contributed by atoms with E-state index in [2.05, 4.69) is 0 Å². The minimum atomic E-state index is -4.81. The van der Waals surface area contributed by atoms with Crippen LogP contribution in [-0.2, 0) is 32.2 Å². The zero-order chi connectivity index (χ0) is 27.4. The van der Waals surface area contributed by atoms with Crippen LogP contribution in [0.15, 0.2) is 48.5 Å². The van der Waals surface area contributed by atoms with Gasteiger partial charge < -0.3 is 19.1 Å². The Hall–Kier alpha value is -2.63. The van der Waals surface area contributed by atoms with Gasteiger partial charge in [-0.05, 0) is 37.1 Å². The van der Waals surface area contributed by atoms with Crippen LogP contribution in [0.2, 0.25) is 0 Å². The molecule has 2 unspecified atom stereocenters. The molecular weight excluding hydrogens is 504 g/mol. The van der Waals surface area contributed by atoms with Crippen LogP contribution in [0.5, 0.6) is 0 Å². The van der Waals surface area contributed by atoms with Gasteiger partial charge in [-0.3, -0.25) is 0 Å². The molecule has 1 aliphatic heterocycles. The zero-order valence-electron chi connectivity index (χ0n) is 20.4. The second-order valence-electron chi connectivity index (χ2n) is 10.5. The van der Waals surface area contributed by atoms with Gasteiger partial charge in [0.2, 0.25) is 5.60 Å². The highest BCUT2D eigenvalue weighted by atomic mass is 19.4. The molecule has 5 nitrogen and oxygen atoms in total. The minimum absolute atomic E-state index is 0.00290. The fourth-order valence-electron chi connectivity index (χ4n) is 4.94. The van der Waals surface area contributed by atoms with Crippen LogP contribution in [-0.4, -0.2) is 61.1 Å². The first kappa shape index (κ1) is 27.4. The Morgan fingerprint density at radius 2 is 1.38 bits per heavy atom. The van der Waals surface area contributed by atoms with E-state index in [-0.39, 0.29) is 18.2 Å². The molecule has 202 valence electrons. The third-order valence-electron chi connectivity index (χ3n) is 7.06. The summed E-state index contributed by atoms with van der Waals surface area (Å²) in [5.74, 6) is -1.34. The number of fused-ring (bicyclic) bond motifs is 1. The molecule has 2 aromatic rings. The maximum Gasteiger partial charge on any atom is 0.416 e. The lowest BCUT2D eigenvalue weighted by Crippen LogP contribution is -2.50. The maximum absolute atomic E-state index is 13.5. The molecule has 1 N–H and O–H groups in total. The number of rotatable bonds is 5. The van der Waals surface area contributed by atoms with Crippen molar-refractivity contribution in [2.75, 3.05) is 21.1 Å². The van der Waals surface area contributed by atoms with Crippen molar-refractivity contribution in [1.29, 1.82) is 0 Å². The number of carbonyl (C=O) groups is 1. The van der Waals surface area contributed by atoms with Crippen LogP contribution in [0.4, 0.5) is 26.3 Å². The van der Waals surface area contributed by atoms with Gasteiger partial charge in [-0.1, -0.05) is 24.3 Å². The van der Waals surface area contributed by atoms with Crippen LogP contribution in [0, 0.1) is 0 Å². The molecule has 2 fully saturated rings. The number of nitrogens with zero attached hydrogens (tertiary/aromatic N) is 1. The van der Waals surface area contributed by atoms with Crippen LogP contribution < -0.4 is 0 Å². The van der Waals surface area contributed by atoms with E-state index in [1.165, 1.54) is 0 Å². The van der Waals surface area contributed by atoms with Crippen molar-refractivity contribution in [2.45, 2.75) is 61.6 Å². The number of alkyl halides is 6. The Morgan fingerprint density at radius 1 is 0.892 bits per heavy atom. The summed E-state index contributed by atoms with van der Waals surface area (Å²) < 4.78 is 92.5. The summed E-state index contributed by atoms with van der Waals surface area (Å²) in [7, 11) is 5.86. The number of esters is 1. The lowest BCUT2D eigenvalue weighted by atomic mass is 9.84. The molecule has 0 aromatic heterocycles. The fourth-order valence-corrected chi connectivity index (χ4v) is 4.94. The Balaban J connectivity index is 1.74. The molecule has 4 rings (SSSR count). The highest BCUT2D eigenvalue weighted by Gasteiger charge is 2.54. The Morgan fingerprint density at radius 3 is 1.84 bits per heavy atom. The number of ether oxygens (including phenoxy) is 2. The second-order valence-corrected chi connectivity index (χ2v) is 10.5. The third kappa shape index (κ3) is 5.63. The second kappa shape index (κ2) is 9.28. The van der Waals surface area contributed by atoms with Gasteiger partial charge in [0.25, 0.3) is 0 Å². The lowest BCUT2D eigenvalue weighted by molar-refractivity contribution is -0.897. The van der Waals surface area contributed by atoms with E-state index < -0.39 is 52.3 Å². The Labute approximate surface area is 210 Å². The summed E-state index contributed by atoms with van der Waals surface area (Å²) in [4.78, 5) is 13.5. The largest absolute Gasteiger partial charge is 0.459 e. The SMILES string of the molecule is C[N+](C)(C)C1C[C@H](OC(=O)C(O)(c2cccc(C(F)(F)F)c2)c2cccc(C(F)(F)F)c2)CC[C@H]2OC12. The van der Waals surface area contributed by atoms with Crippen LogP contribution >= 0.6 is 0 Å². The summed E-state index contributed by atoms with van der Waals surface area (Å²) in [6, 6.07) is 6.60. The van der Waals surface area contributed by atoms with Gasteiger partial charge in [-0.15, -0.1) is 0 Å². The number of carbonyl (C=O) groups excluding carboxylic acids is 1. The number of quaternary nitrogens is 1. The molecule has 1 aliphatic carbocycles. The molecule has 2 aromatic carbocycles. The van der Waals surface area contributed by atoms with E-state index in [0.29, 0.717) is 35.9 Å². The van der Waals surface area contributed by atoms with Crippen molar-refractivity contribution < 1.29 is 50.2 Å². The summed E-state index contributed by atoms with van der Waals surface area (Å²) >= 11 is 0. The lowest BCUT2D eigenvalue weighted by Gasteiger charge is -2.35. The topological polar surface area (TPSA) is 59.1 Å². The van der Waals surface area contributed by atoms with Gasteiger partial charge >= 0.3 is 18.3 Å². The van der Waals surface area contributed by atoms with Crippen molar-refractivity contribution in [3.63, 3.8) is 0 Å². The van der Waals surface area contributed by atoms with E-state index >= 15 is 0 Å². The van der Waals surface area contributed by atoms with Crippen LogP contribution in [0.3, 0.4) is 0 Å². The highest BCUT2D eigenvalue weighted by molar-refractivity contribution is 5.85. The van der Waals surface area contributed by atoms with Crippen molar-refractivity contribution >= 4 is 5.97 Å². The van der Waals surface area contributed by atoms with Crippen molar-refractivity contribution in [3.05, 3.63) is 70.8 Å². The summed E-state index contributed by atoms with van der Waals surface area (Å²) in [5.41, 5.74) is -6.34. The predicted octanol–water partition coefficient (Wildman–Crippen LogP) is 4.90. The van der Waals surface area contributed by atoms with E-state index in [9.17, 15) is 36.2 Å². The van der Waals surface area contributed by atoms with E-state index in [4.69, 9.17) is 9.47 Å². The van der Waals surface area contributed by atoms with Crippen molar-refractivity contribution in [2.24, 2.45) is 0 Å². The molecule has 1 heterocycles. The fraction of sp³-hybridized carbons (Fsp3) is 0.500. The minimum Gasteiger partial charge on any atom is -0.459 e. The number of benzene rings is 2. The molecule has 37 heavy (non-hydrogen) atoms. The summed E-state index contributed by atoms with van der Waals surface area (Å²) in [5, 5.41) is 11.7. The number of hydrogen-bond donors (Lipinski definition) is 1. The number of aliphatic hydroxyl groups is 1. The smallest absolute Gasteiger partial charge is 0.416 e. The molecule has 2 aliphatic rings. The summed E-state index contributed by atoms with van der Waals surface area (Å²) in [6.07, 6.45) is -9.06.